The van der Waals surface area contributed by atoms with Crippen LogP contribution in [0.4, 0.5) is 0 Å². The highest BCUT2D eigenvalue weighted by Crippen LogP contribution is 2.23. The molecular formula is C9H10N2OS. The molecule has 0 spiro atoms. The first-order valence-electron chi connectivity index (χ1n) is 4.07. The summed E-state index contributed by atoms with van der Waals surface area (Å²) in [6.45, 7) is 0.647. The highest BCUT2D eigenvalue weighted by molar-refractivity contribution is 7.13. The van der Waals surface area contributed by atoms with E-state index in [0.717, 1.165) is 22.7 Å². The van der Waals surface area contributed by atoms with Crippen LogP contribution in [0.5, 0.6) is 0 Å². The zero-order valence-corrected chi connectivity index (χ0v) is 7.88. The van der Waals surface area contributed by atoms with Crippen LogP contribution < -0.4 is 5.73 Å². The Kier molecular flexibility index (Phi) is 2.42. The van der Waals surface area contributed by atoms with Gasteiger partial charge in [-0.05, 0) is 12.6 Å². The number of hydrogen-bond donors (Lipinski definition) is 1. The predicted molar refractivity (Wildman–Crippen MR) is 52.6 cm³/mol. The Morgan fingerprint density at radius 2 is 2.46 bits per heavy atom. The molecule has 0 unspecified atom stereocenters. The Balaban J connectivity index is 2.23. The molecule has 0 amide bonds. The molecule has 2 N–H and O–H groups in total. The van der Waals surface area contributed by atoms with E-state index in [4.69, 9.17) is 10.2 Å². The van der Waals surface area contributed by atoms with Gasteiger partial charge in [0, 0.05) is 17.4 Å². The Labute approximate surface area is 80.2 Å². The van der Waals surface area contributed by atoms with Crippen LogP contribution in [-0.4, -0.2) is 11.5 Å². The van der Waals surface area contributed by atoms with E-state index in [1.807, 2.05) is 11.4 Å². The summed E-state index contributed by atoms with van der Waals surface area (Å²) >= 11 is 1.62. The van der Waals surface area contributed by atoms with Crippen molar-refractivity contribution in [3.05, 3.63) is 29.7 Å². The number of nitrogens with two attached hydrogens (primary N) is 1. The van der Waals surface area contributed by atoms with Crippen LogP contribution in [0.25, 0.3) is 10.6 Å². The van der Waals surface area contributed by atoms with Gasteiger partial charge >= 0.3 is 0 Å². The molecule has 0 aliphatic heterocycles. The summed E-state index contributed by atoms with van der Waals surface area (Å²) in [5.41, 5.74) is 7.53. The second-order valence-electron chi connectivity index (χ2n) is 2.69. The third kappa shape index (κ3) is 1.79. The van der Waals surface area contributed by atoms with E-state index in [1.165, 1.54) is 0 Å². The average Bonchev–Trinajstić information content (AvgIpc) is 2.70. The molecular weight excluding hydrogens is 184 g/mol. The molecule has 0 fully saturated rings. The summed E-state index contributed by atoms with van der Waals surface area (Å²) in [6, 6.07) is 1.91. The van der Waals surface area contributed by atoms with Crippen molar-refractivity contribution in [1.82, 2.24) is 4.98 Å². The standard InChI is InChI=1S/C9H10N2OS/c10-3-1-8-6-13-9(11-8)7-2-4-12-5-7/h2,4-6H,1,3,10H2. The van der Waals surface area contributed by atoms with Crippen molar-refractivity contribution in [3.63, 3.8) is 0 Å². The van der Waals surface area contributed by atoms with Crippen LogP contribution in [0.15, 0.2) is 28.4 Å². The quantitative estimate of drug-likeness (QED) is 0.812. The zero-order chi connectivity index (χ0) is 9.10. The lowest BCUT2D eigenvalue weighted by molar-refractivity contribution is 0.568. The number of aromatic nitrogens is 1. The van der Waals surface area contributed by atoms with Gasteiger partial charge in [0.15, 0.2) is 0 Å². The van der Waals surface area contributed by atoms with Gasteiger partial charge in [-0.1, -0.05) is 0 Å². The molecule has 0 aliphatic carbocycles. The van der Waals surface area contributed by atoms with Crippen LogP contribution in [-0.2, 0) is 6.42 Å². The Bertz CT molecular complexity index is 367. The molecule has 68 valence electrons. The lowest BCUT2D eigenvalue weighted by Gasteiger charge is -1.88. The first kappa shape index (κ1) is 8.47. The van der Waals surface area contributed by atoms with Crippen molar-refractivity contribution in [3.8, 4) is 10.6 Å². The van der Waals surface area contributed by atoms with Crippen LogP contribution in [0, 0.1) is 0 Å². The van der Waals surface area contributed by atoms with Gasteiger partial charge in [-0.15, -0.1) is 11.3 Å². The first-order chi connectivity index (χ1) is 6.40. The Morgan fingerprint density at radius 3 is 3.15 bits per heavy atom. The van der Waals surface area contributed by atoms with Gasteiger partial charge < -0.3 is 10.2 Å². The number of thiazole rings is 1. The third-order valence-electron chi connectivity index (χ3n) is 1.72. The molecule has 13 heavy (non-hydrogen) atoms. The van der Waals surface area contributed by atoms with E-state index in [-0.39, 0.29) is 0 Å². The van der Waals surface area contributed by atoms with Gasteiger partial charge in [0.25, 0.3) is 0 Å². The molecule has 3 nitrogen and oxygen atoms in total. The van der Waals surface area contributed by atoms with Crippen molar-refractivity contribution < 1.29 is 4.42 Å². The number of hydrogen-bond acceptors (Lipinski definition) is 4. The lowest BCUT2D eigenvalue weighted by Crippen LogP contribution is -2.02. The molecule has 0 saturated carbocycles. The fourth-order valence-corrected chi connectivity index (χ4v) is 1.93. The molecule has 0 radical (unpaired) electrons. The minimum Gasteiger partial charge on any atom is -0.472 e. The maximum atomic E-state index is 5.43. The van der Waals surface area contributed by atoms with Gasteiger partial charge in [-0.25, -0.2) is 4.98 Å². The van der Waals surface area contributed by atoms with E-state index >= 15 is 0 Å². The summed E-state index contributed by atoms with van der Waals surface area (Å²) in [7, 11) is 0. The van der Waals surface area contributed by atoms with Crippen LogP contribution in [0.2, 0.25) is 0 Å². The summed E-state index contributed by atoms with van der Waals surface area (Å²) in [4.78, 5) is 4.42. The molecule has 0 aromatic carbocycles. The molecule has 0 saturated heterocycles. The number of rotatable bonds is 3. The van der Waals surface area contributed by atoms with Gasteiger partial charge in [-0.3, -0.25) is 0 Å². The zero-order valence-electron chi connectivity index (χ0n) is 7.06. The highest BCUT2D eigenvalue weighted by atomic mass is 32.1. The highest BCUT2D eigenvalue weighted by Gasteiger charge is 2.04. The van der Waals surface area contributed by atoms with Crippen molar-refractivity contribution in [2.75, 3.05) is 6.54 Å². The van der Waals surface area contributed by atoms with E-state index in [1.54, 1.807) is 23.9 Å². The lowest BCUT2D eigenvalue weighted by atomic mass is 10.3. The molecule has 2 aromatic rings. The van der Waals surface area contributed by atoms with Gasteiger partial charge in [0.1, 0.15) is 11.3 Å². The molecule has 2 aromatic heterocycles. The molecule has 0 aliphatic rings. The second-order valence-corrected chi connectivity index (χ2v) is 3.55. The second kappa shape index (κ2) is 3.72. The van der Waals surface area contributed by atoms with Crippen LogP contribution in [0.1, 0.15) is 5.69 Å². The normalized spacial score (nSPS) is 10.5. The van der Waals surface area contributed by atoms with E-state index in [9.17, 15) is 0 Å². The van der Waals surface area contributed by atoms with Crippen molar-refractivity contribution in [2.45, 2.75) is 6.42 Å². The predicted octanol–water partition coefficient (Wildman–Crippen LogP) is 1.90. The van der Waals surface area contributed by atoms with Crippen LogP contribution in [0.3, 0.4) is 0 Å². The summed E-state index contributed by atoms with van der Waals surface area (Å²) in [5.74, 6) is 0. The van der Waals surface area contributed by atoms with Crippen molar-refractivity contribution >= 4 is 11.3 Å². The molecule has 2 heterocycles. The van der Waals surface area contributed by atoms with E-state index in [2.05, 4.69) is 4.98 Å². The van der Waals surface area contributed by atoms with E-state index in [0.29, 0.717) is 6.54 Å². The maximum Gasteiger partial charge on any atom is 0.126 e. The minimum atomic E-state index is 0.647. The van der Waals surface area contributed by atoms with Crippen molar-refractivity contribution in [2.24, 2.45) is 5.73 Å². The maximum absolute atomic E-state index is 5.43. The largest absolute Gasteiger partial charge is 0.472 e. The summed E-state index contributed by atoms with van der Waals surface area (Å²) in [5, 5.41) is 3.03. The molecule has 2 rings (SSSR count). The first-order valence-corrected chi connectivity index (χ1v) is 4.95. The van der Waals surface area contributed by atoms with E-state index < -0.39 is 0 Å². The van der Waals surface area contributed by atoms with Gasteiger partial charge in [-0.2, -0.15) is 0 Å². The smallest absolute Gasteiger partial charge is 0.126 e. The number of nitrogens with zero attached hydrogens (tertiary/aromatic N) is 1. The topological polar surface area (TPSA) is 52.0 Å². The summed E-state index contributed by atoms with van der Waals surface area (Å²) < 4.78 is 4.98. The summed E-state index contributed by atoms with van der Waals surface area (Å²) in [6.07, 6.45) is 4.19. The van der Waals surface area contributed by atoms with Crippen molar-refractivity contribution in [1.29, 1.82) is 0 Å². The number of furan rings is 1. The monoisotopic (exact) mass is 194 g/mol. The minimum absolute atomic E-state index is 0.647. The molecule has 0 bridgehead atoms. The SMILES string of the molecule is NCCc1csc(-c2ccoc2)n1. The average molecular weight is 194 g/mol. The molecule has 0 atom stereocenters. The third-order valence-corrected chi connectivity index (χ3v) is 2.66. The van der Waals surface area contributed by atoms with Gasteiger partial charge in [0.05, 0.1) is 12.0 Å². The Hall–Kier alpha value is -1.13. The fourth-order valence-electron chi connectivity index (χ4n) is 1.09. The fraction of sp³-hybridized carbons (Fsp3) is 0.222. The Morgan fingerprint density at radius 1 is 1.54 bits per heavy atom. The van der Waals surface area contributed by atoms with Gasteiger partial charge in [0.2, 0.25) is 0 Å². The van der Waals surface area contributed by atoms with Crippen LogP contribution >= 0.6 is 11.3 Å². The molecule has 4 heteroatoms.